The minimum atomic E-state index is -0.126. The second-order valence-corrected chi connectivity index (χ2v) is 7.78. The van der Waals surface area contributed by atoms with E-state index < -0.39 is 0 Å². The number of pyridine rings is 1. The lowest BCUT2D eigenvalue weighted by Crippen LogP contribution is -2.26. The molecule has 162 valence electrons. The summed E-state index contributed by atoms with van der Waals surface area (Å²) in [6.07, 6.45) is 2.42. The third kappa shape index (κ3) is 4.53. The predicted molar refractivity (Wildman–Crippen MR) is 128 cm³/mol. The van der Waals surface area contributed by atoms with Gasteiger partial charge in [-0.25, -0.2) is 0 Å². The SMILES string of the molecule is COc1ccc(-c2cc(C(=O)NCCc3ccccn3)c(C)n2-c2ccccc2Cl)cc1. The number of methoxy groups -OCH3 is 1. The van der Waals surface area contributed by atoms with Crippen LogP contribution in [0.25, 0.3) is 16.9 Å². The van der Waals surface area contributed by atoms with Gasteiger partial charge in [-0.2, -0.15) is 0 Å². The minimum absolute atomic E-state index is 0.126. The van der Waals surface area contributed by atoms with Crippen LogP contribution in [0.15, 0.2) is 79.0 Å². The van der Waals surface area contributed by atoms with Crippen molar-refractivity contribution in [2.45, 2.75) is 13.3 Å². The first kappa shape index (κ1) is 21.7. The van der Waals surface area contributed by atoms with Gasteiger partial charge in [0.2, 0.25) is 0 Å². The first-order valence-electron chi connectivity index (χ1n) is 10.4. The summed E-state index contributed by atoms with van der Waals surface area (Å²) >= 11 is 6.53. The van der Waals surface area contributed by atoms with Gasteiger partial charge in [-0.05, 0) is 67.1 Å². The van der Waals surface area contributed by atoms with Gasteiger partial charge in [-0.1, -0.05) is 29.8 Å². The molecule has 0 bridgehead atoms. The van der Waals surface area contributed by atoms with Crippen molar-refractivity contribution >= 4 is 17.5 Å². The van der Waals surface area contributed by atoms with E-state index in [0.29, 0.717) is 23.6 Å². The summed E-state index contributed by atoms with van der Waals surface area (Å²) < 4.78 is 7.32. The third-order valence-corrected chi connectivity index (χ3v) is 5.68. The van der Waals surface area contributed by atoms with Crippen LogP contribution in [-0.4, -0.2) is 29.1 Å². The number of carbonyl (C=O) groups is 1. The molecule has 32 heavy (non-hydrogen) atoms. The highest BCUT2D eigenvalue weighted by atomic mass is 35.5. The summed E-state index contributed by atoms with van der Waals surface area (Å²) in [5.74, 6) is 0.646. The van der Waals surface area contributed by atoms with Crippen molar-refractivity contribution in [3.8, 4) is 22.7 Å². The molecular formula is C26H24ClN3O2. The molecule has 1 N–H and O–H groups in total. The summed E-state index contributed by atoms with van der Waals surface area (Å²) in [6.45, 7) is 2.44. The maximum atomic E-state index is 13.1. The maximum absolute atomic E-state index is 13.1. The van der Waals surface area contributed by atoms with Crippen molar-refractivity contribution in [3.63, 3.8) is 0 Å². The second kappa shape index (κ2) is 9.71. The number of para-hydroxylation sites is 1. The summed E-state index contributed by atoms with van der Waals surface area (Å²) in [6, 6.07) is 23.1. The van der Waals surface area contributed by atoms with Crippen LogP contribution in [0, 0.1) is 6.92 Å². The fourth-order valence-corrected chi connectivity index (χ4v) is 3.92. The molecule has 4 rings (SSSR count). The van der Waals surface area contributed by atoms with Crippen LogP contribution in [0.2, 0.25) is 5.02 Å². The van der Waals surface area contributed by atoms with Gasteiger partial charge in [0.25, 0.3) is 5.91 Å². The third-order valence-electron chi connectivity index (χ3n) is 5.36. The molecule has 6 heteroatoms. The van der Waals surface area contributed by atoms with Crippen molar-refractivity contribution in [2.75, 3.05) is 13.7 Å². The van der Waals surface area contributed by atoms with Crippen molar-refractivity contribution in [2.24, 2.45) is 0 Å². The average molecular weight is 446 g/mol. The number of hydrogen-bond acceptors (Lipinski definition) is 3. The fourth-order valence-electron chi connectivity index (χ4n) is 3.70. The molecule has 0 radical (unpaired) electrons. The summed E-state index contributed by atoms with van der Waals surface area (Å²) in [4.78, 5) is 17.4. The van der Waals surface area contributed by atoms with Crippen LogP contribution < -0.4 is 10.1 Å². The standard InChI is InChI=1S/C26H24ClN3O2/c1-18-22(26(31)29-16-14-20-7-5-6-15-28-20)17-25(19-10-12-21(32-2)13-11-19)30(18)24-9-4-3-8-23(24)27/h3-13,15,17H,14,16H2,1-2H3,(H,29,31). The van der Waals surface area contributed by atoms with E-state index in [1.165, 1.54) is 0 Å². The topological polar surface area (TPSA) is 56.1 Å². The maximum Gasteiger partial charge on any atom is 0.253 e. The molecule has 0 spiro atoms. The highest BCUT2D eigenvalue weighted by molar-refractivity contribution is 6.32. The molecule has 1 amide bonds. The summed E-state index contributed by atoms with van der Waals surface area (Å²) in [7, 11) is 1.64. The summed E-state index contributed by atoms with van der Waals surface area (Å²) in [5.41, 5.74) is 5.03. The highest BCUT2D eigenvalue weighted by Gasteiger charge is 2.20. The Labute approximate surface area is 192 Å². The Hall–Kier alpha value is -3.57. The van der Waals surface area contributed by atoms with Gasteiger partial charge >= 0.3 is 0 Å². The van der Waals surface area contributed by atoms with Gasteiger partial charge in [0.15, 0.2) is 0 Å². The quantitative estimate of drug-likeness (QED) is 0.409. The van der Waals surface area contributed by atoms with E-state index in [9.17, 15) is 4.79 Å². The van der Waals surface area contributed by atoms with Crippen LogP contribution >= 0.6 is 11.6 Å². The molecule has 2 aromatic carbocycles. The highest BCUT2D eigenvalue weighted by Crippen LogP contribution is 2.33. The Kier molecular flexibility index (Phi) is 6.57. The lowest BCUT2D eigenvalue weighted by molar-refractivity contribution is 0.0953. The Morgan fingerprint density at radius 2 is 1.81 bits per heavy atom. The molecule has 2 aromatic heterocycles. The molecule has 0 fully saturated rings. The molecule has 0 aliphatic rings. The number of aromatic nitrogens is 2. The molecule has 0 saturated carbocycles. The normalized spacial score (nSPS) is 10.7. The van der Waals surface area contributed by atoms with E-state index in [2.05, 4.69) is 10.3 Å². The van der Waals surface area contributed by atoms with Crippen LogP contribution in [-0.2, 0) is 6.42 Å². The molecule has 0 unspecified atom stereocenters. The van der Waals surface area contributed by atoms with E-state index in [1.54, 1.807) is 13.3 Å². The fraction of sp³-hybridized carbons (Fsp3) is 0.154. The Morgan fingerprint density at radius 1 is 1.06 bits per heavy atom. The average Bonchev–Trinajstić information content (AvgIpc) is 3.17. The number of amides is 1. The molecule has 0 atom stereocenters. The van der Waals surface area contributed by atoms with Crippen molar-refractivity contribution < 1.29 is 9.53 Å². The Morgan fingerprint density at radius 3 is 2.50 bits per heavy atom. The first-order chi connectivity index (χ1) is 15.6. The second-order valence-electron chi connectivity index (χ2n) is 7.37. The van der Waals surface area contributed by atoms with E-state index in [0.717, 1.165) is 34.1 Å². The van der Waals surface area contributed by atoms with E-state index in [4.69, 9.17) is 16.3 Å². The van der Waals surface area contributed by atoms with Gasteiger partial charge in [0, 0.05) is 30.6 Å². The molecule has 0 aliphatic heterocycles. The van der Waals surface area contributed by atoms with Gasteiger partial charge < -0.3 is 14.6 Å². The molecule has 0 aliphatic carbocycles. The number of nitrogens with zero attached hydrogens (tertiary/aromatic N) is 2. The van der Waals surface area contributed by atoms with Gasteiger partial charge in [-0.15, -0.1) is 0 Å². The molecule has 2 heterocycles. The van der Waals surface area contributed by atoms with E-state index in [-0.39, 0.29) is 5.91 Å². The lowest BCUT2D eigenvalue weighted by Gasteiger charge is -2.14. The number of benzene rings is 2. The number of ether oxygens (including phenoxy) is 1. The van der Waals surface area contributed by atoms with Gasteiger partial charge in [-0.3, -0.25) is 9.78 Å². The van der Waals surface area contributed by atoms with Gasteiger partial charge in [0.05, 0.1) is 29.1 Å². The molecule has 4 aromatic rings. The number of hydrogen-bond donors (Lipinski definition) is 1. The number of nitrogens with one attached hydrogen (secondary N) is 1. The van der Waals surface area contributed by atoms with Crippen molar-refractivity contribution in [3.05, 3.63) is 101 Å². The molecule has 0 saturated heterocycles. The smallest absolute Gasteiger partial charge is 0.253 e. The monoisotopic (exact) mass is 445 g/mol. The first-order valence-corrected chi connectivity index (χ1v) is 10.8. The number of carbonyl (C=O) groups excluding carboxylic acids is 1. The van der Waals surface area contributed by atoms with Crippen LogP contribution in [0.3, 0.4) is 0 Å². The largest absolute Gasteiger partial charge is 0.497 e. The minimum Gasteiger partial charge on any atom is -0.497 e. The van der Waals surface area contributed by atoms with Crippen LogP contribution in [0.5, 0.6) is 5.75 Å². The van der Waals surface area contributed by atoms with Crippen molar-refractivity contribution in [1.29, 1.82) is 0 Å². The van der Waals surface area contributed by atoms with Crippen LogP contribution in [0.4, 0.5) is 0 Å². The Balaban J connectivity index is 1.68. The Bertz CT molecular complexity index is 1220. The van der Waals surface area contributed by atoms with Gasteiger partial charge in [0.1, 0.15) is 5.75 Å². The number of rotatable bonds is 7. The van der Waals surface area contributed by atoms with Crippen LogP contribution in [0.1, 0.15) is 21.7 Å². The summed E-state index contributed by atoms with van der Waals surface area (Å²) in [5, 5.41) is 3.63. The zero-order valence-corrected chi connectivity index (χ0v) is 18.8. The van der Waals surface area contributed by atoms with E-state index >= 15 is 0 Å². The zero-order chi connectivity index (χ0) is 22.5. The number of halogens is 1. The molecule has 5 nitrogen and oxygen atoms in total. The predicted octanol–water partition coefficient (Wildman–Crippen LogP) is 5.48. The molecular weight excluding hydrogens is 422 g/mol. The lowest BCUT2D eigenvalue weighted by atomic mass is 10.1. The van der Waals surface area contributed by atoms with Crippen molar-refractivity contribution in [1.82, 2.24) is 14.9 Å². The van der Waals surface area contributed by atoms with E-state index in [1.807, 2.05) is 84.3 Å². The zero-order valence-electron chi connectivity index (χ0n) is 18.0.